The molecule has 0 bridgehead atoms. The minimum Gasteiger partial charge on any atom is -0.481 e. The van der Waals surface area contributed by atoms with Crippen LogP contribution < -0.4 is 10.4 Å². The molecule has 3 atom stereocenters. The fourth-order valence-electron chi connectivity index (χ4n) is 6.01. The SMILES string of the molecule is Cc1ccccc1-c1cc(=O)oc2cc(O[C@H](C)C(=O)N3CC(C4CCCC4)C[C@H](C#N)C3)ccc12. The molecule has 5 rings (SSSR count). The van der Waals surface area contributed by atoms with E-state index in [1.807, 2.05) is 48.2 Å². The number of carbonyl (C=O) groups is 1. The normalized spacial score (nSPS) is 21.3. The maximum Gasteiger partial charge on any atom is 0.336 e. The third-order valence-corrected chi connectivity index (χ3v) is 7.86. The Bertz CT molecular complexity index is 1370. The summed E-state index contributed by atoms with van der Waals surface area (Å²) in [5.74, 6) is 1.23. The number of hydrogen-bond donors (Lipinski definition) is 0. The molecule has 2 aliphatic rings. The van der Waals surface area contributed by atoms with E-state index >= 15 is 0 Å². The van der Waals surface area contributed by atoms with Crippen molar-refractivity contribution in [3.05, 3.63) is 64.5 Å². The molecule has 186 valence electrons. The molecule has 6 nitrogen and oxygen atoms in total. The van der Waals surface area contributed by atoms with E-state index in [0.717, 1.165) is 28.5 Å². The molecule has 0 N–H and O–H groups in total. The summed E-state index contributed by atoms with van der Waals surface area (Å²) >= 11 is 0. The lowest BCUT2D eigenvalue weighted by Crippen LogP contribution is -2.49. The first-order chi connectivity index (χ1) is 17.4. The number of rotatable bonds is 5. The lowest BCUT2D eigenvalue weighted by molar-refractivity contribution is -0.141. The zero-order valence-corrected chi connectivity index (χ0v) is 20.9. The molecule has 1 unspecified atom stereocenters. The molecule has 1 aromatic heterocycles. The van der Waals surface area contributed by atoms with Crippen molar-refractivity contribution in [1.29, 1.82) is 5.26 Å². The number of ether oxygens (including phenoxy) is 1. The van der Waals surface area contributed by atoms with Crippen molar-refractivity contribution >= 4 is 16.9 Å². The van der Waals surface area contributed by atoms with Crippen LogP contribution in [0.3, 0.4) is 0 Å². The second-order valence-electron chi connectivity index (χ2n) is 10.3. The first-order valence-corrected chi connectivity index (χ1v) is 12.9. The Morgan fingerprint density at radius 2 is 1.86 bits per heavy atom. The Morgan fingerprint density at radius 1 is 1.08 bits per heavy atom. The smallest absolute Gasteiger partial charge is 0.336 e. The van der Waals surface area contributed by atoms with Gasteiger partial charge < -0.3 is 14.1 Å². The fourth-order valence-corrected chi connectivity index (χ4v) is 6.01. The number of nitriles is 1. The van der Waals surface area contributed by atoms with Crippen LogP contribution in [0, 0.1) is 36.0 Å². The molecule has 3 aromatic rings. The predicted octanol–water partition coefficient (Wildman–Crippen LogP) is 5.71. The van der Waals surface area contributed by atoms with Gasteiger partial charge in [0, 0.05) is 36.2 Å². The van der Waals surface area contributed by atoms with Gasteiger partial charge in [-0.2, -0.15) is 5.26 Å². The van der Waals surface area contributed by atoms with Crippen LogP contribution in [0.4, 0.5) is 0 Å². The summed E-state index contributed by atoms with van der Waals surface area (Å²) in [6.07, 6.45) is 5.06. The molecule has 1 saturated heterocycles. The zero-order chi connectivity index (χ0) is 25.2. The Morgan fingerprint density at radius 3 is 2.61 bits per heavy atom. The fraction of sp³-hybridized carbons (Fsp3) is 0.433. The molecular formula is C30H32N2O4. The molecule has 36 heavy (non-hydrogen) atoms. The highest BCUT2D eigenvalue weighted by Gasteiger charge is 2.37. The van der Waals surface area contributed by atoms with E-state index in [2.05, 4.69) is 6.07 Å². The molecule has 1 amide bonds. The van der Waals surface area contributed by atoms with Crippen LogP contribution in [-0.2, 0) is 4.79 Å². The van der Waals surface area contributed by atoms with Crippen molar-refractivity contribution in [2.45, 2.75) is 52.1 Å². The Hall–Kier alpha value is -3.59. The quantitative estimate of drug-likeness (QED) is 0.433. The van der Waals surface area contributed by atoms with E-state index < -0.39 is 11.7 Å². The molecule has 0 spiro atoms. The van der Waals surface area contributed by atoms with Crippen LogP contribution in [0.2, 0.25) is 0 Å². The average Bonchev–Trinajstić information content (AvgIpc) is 3.43. The number of piperidine rings is 1. The van der Waals surface area contributed by atoms with E-state index in [0.29, 0.717) is 36.3 Å². The minimum absolute atomic E-state index is 0.104. The lowest BCUT2D eigenvalue weighted by atomic mass is 9.80. The van der Waals surface area contributed by atoms with Gasteiger partial charge >= 0.3 is 5.63 Å². The number of hydrogen-bond acceptors (Lipinski definition) is 5. The highest BCUT2D eigenvalue weighted by Crippen LogP contribution is 2.38. The van der Waals surface area contributed by atoms with Gasteiger partial charge in [-0.05, 0) is 55.4 Å². The molecule has 1 aliphatic carbocycles. The number of benzene rings is 2. The predicted molar refractivity (Wildman–Crippen MR) is 138 cm³/mol. The standard InChI is InChI=1S/C30H32N2O4/c1-19-7-3-6-10-25(19)27-15-29(33)36-28-14-24(11-12-26(27)28)35-20(2)30(34)32-17-21(16-31)13-23(18-32)22-8-4-5-9-22/h3,6-7,10-12,14-15,20-23H,4-5,8-9,13,17-18H2,1-2H3/t20-,21-,23?/m1/s1. The summed E-state index contributed by atoms with van der Waals surface area (Å²) in [6.45, 7) is 4.91. The molecule has 6 heteroatoms. The molecule has 1 saturated carbocycles. The van der Waals surface area contributed by atoms with Gasteiger partial charge in [-0.1, -0.05) is 49.9 Å². The van der Waals surface area contributed by atoms with Crippen molar-refractivity contribution < 1.29 is 13.9 Å². The summed E-state index contributed by atoms with van der Waals surface area (Å²) in [4.78, 5) is 27.5. The molecule has 2 heterocycles. The number of amides is 1. The second kappa shape index (κ2) is 10.2. The van der Waals surface area contributed by atoms with Crippen LogP contribution in [0.1, 0.15) is 44.6 Å². The Labute approximate surface area is 211 Å². The van der Waals surface area contributed by atoms with Crippen molar-refractivity contribution in [2.24, 2.45) is 17.8 Å². The van der Waals surface area contributed by atoms with Gasteiger partial charge in [0.25, 0.3) is 5.91 Å². The summed E-state index contributed by atoms with van der Waals surface area (Å²) in [5.41, 5.74) is 2.83. The summed E-state index contributed by atoms with van der Waals surface area (Å²) < 4.78 is 11.5. The van der Waals surface area contributed by atoms with Crippen LogP contribution >= 0.6 is 0 Å². The van der Waals surface area contributed by atoms with Crippen LogP contribution in [0.15, 0.2) is 57.7 Å². The van der Waals surface area contributed by atoms with Gasteiger partial charge in [-0.3, -0.25) is 4.79 Å². The second-order valence-corrected chi connectivity index (χ2v) is 10.3. The molecule has 1 aliphatic heterocycles. The number of carbonyl (C=O) groups excluding carboxylic acids is 1. The molecular weight excluding hydrogens is 452 g/mol. The van der Waals surface area contributed by atoms with Gasteiger partial charge in [0.05, 0.1) is 12.0 Å². The summed E-state index contributed by atoms with van der Waals surface area (Å²) in [6, 6.07) is 17.2. The maximum absolute atomic E-state index is 13.3. The van der Waals surface area contributed by atoms with Crippen molar-refractivity contribution in [1.82, 2.24) is 4.90 Å². The lowest BCUT2D eigenvalue weighted by Gasteiger charge is -2.39. The van der Waals surface area contributed by atoms with Crippen molar-refractivity contribution in [3.63, 3.8) is 0 Å². The Balaban J connectivity index is 1.36. The van der Waals surface area contributed by atoms with Gasteiger partial charge in [0.2, 0.25) is 0 Å². The summed E-state index contributed by atoms with van der Waals surface area (Å²) in [5, 5.41) is 10.4. The third kappa shape index (κ3) is 4.88. The highest BCUT2D eigenvalue weighted by atomic mass is 16.5. The number of aryl methyl sites for hydroxylation is 1. The van der Waals surface area contributed by atoms with E-state index in [-0.39, 0.29) is 11.8 Å². The van der Waals surface area contributed by atoms with Crippen LogP contribution in [0.5, 0.6) is 5.75 Å². The van der Waals surface area contributed by atoms with Crippen LogP contribution in [0.25, 0.3) is 22.1 Å². The van der Waals surface area contributed by atoms with E-state index in [9.17, 15) is 14.9 Å². The largest absolute Gasteiger partial charge is 0.481 e. The van der Waals surface area contributed by atoms with Gasteiger partial charge in [-0.15, -0.1) is 0 Å². The van der Waals surface area contributed by atoms with Crippen molar-refractivity contribution in [3.8, 4) is 22.9 Å². The summed E-state index contributed by atoms with van der Waals surface area (Å²) in [7, 11) is 0. The molecule has 2 fully saturated rings. The van der Waals surface area contributed by atoms with E-state index in [1.54, 1.807) is 13.0 Å². The first kappa shape index (κ1) is 24.1. The zero-order valence-electron chi connectivity index (χ0n) is 20.9. The topological polar surface area (TPSA) is 83.5 Å². The van der Waals surface area contributed by atoms with E-state index in [1.165, 1.54) is 31.7 Å². The maximum atomic E-state index is 13.3. The van der Waals surface area contributed by atoms with Gasteiger partial charge in [-0.25, -0.2) is 4.79 Å². The first-order valence-electron chi connectivity index (χ1n) is 12.9. The number of likely N-dealkylation sites (tertiary alicyclic amines) is 1. The van der Waals surface area contributed by atoms with Gasteiger partial charge in [0.1, 0.15) is 11.3 Å². The minimum atomic E-state index is -0.713. The number of nitrogens with zero attached hydrogens (tertiary/aromatic N) is 2. The third-order valence-electron chi connectivity index (χ3n) is 7.86. The van der Waals surface area contributed by atoms with E-state index in [4.69, 9.17) is 9.15 Å². The highest BCUT2D eigenvalue weighted by molar-refractivity contribution is 5.94. The van der Waals surface area contributed by atoms with Crippen LogP contribution in [-0.4, -0.2) is 30.0 Å². The molecule has 0 radical (unpaired) electrons. The van der Waals surface area contributed by atoms with Gasteiger partial charge in [0.15, 0.2) is 6.10 Å². The number of fused-ring (bicyclic) bond motifs is 1. The average molecular weight is 485 g/mol. The van der Waals surface area contributed by atoms with Crippen molar-refractivity contribution in [2.75, 3.05) is 13.1 Å². The molecule has 2 aromatic carbocycles. The Kier molecular flexibility index (Phi) is 6.82. The monoisotopic (exact) mass is 484 g/mol.